The second-order valence-electron chi connectivity index (χ2n) is 2.93. The fraction of sp³-hybridized carbons (Fsp3) is 0.714. The zero-order valence-corrected chi connectivity index (χ0v) is 7.78. The Balaban J connectivity index is 2.30. The number of piperidine rings is 1. The van der Waals surface area contributed by atoms with E-state index >= 15 is 0 Å². The van der Waals surface area contributed by atoms with Gasteiger partial charge in [0.05, 0.1) is 0 Å². The molecule has 0 saturated carbocycles. The molecule has 1 aliphatic heterocycles. The van der Waals surface area contributed by atoms with E-state index in [4.69, 9.17) is 17.0 Å². The number of nitrogens with zero attached hydrogens (tertiary/aromatic N) is 2. The molecule has 0 aromatic heterocycles. The SMILES string of the molecule is O=C(O)N1CCC(C=NOCl)CC1. The Bertz CT molecular complexity index is 202. The van der Waals surface area contributed by atoms with E-state index in [1.54, 1.807) is 6.21 Å². The van der Waals surface area contributed by atoms with E-state index in [0.29, 0.717) is 13.1 Å². The summed E-state index contributed by atoms with van der Waals surface area (Å²) in [6, 6.07) is 0. The smallest absolute Gasteiger partial charge is 0.407 e. The molecule has 0 unspecified atom stereocenters. The molecule has 1 heterocycles. The molecule has 1 aliphatic rings. The van der Waals surface area contributed by atoms with Gasteiger partial charge in [-0.25, -0.2) is 4.79 Å². The number of likely N-dealkylation sites (tertiary alicyclic amines) is 1. The van der Waals surface area contributed by atoms with Gasteiger partial charge in [-0.15, -0.1) is 0 Å². The lowest BCUT2D eigenvalue weighted by Crippen LogP contribution is -2.37. The summed E-state index contributed by atoms with van der Waals surface area (Å²) in [5, 5.41) is 12.1. The van der Waals surface area contributed by atoms with Crippen LogP contribution in [0, 0.1) is 5.92 Å². The van der Waals surface area contributed by atoms with Gasteiger partial charge in [-0.05, 0) is 12.8 Å². The first-order chi connectivity index (χ1) is 6.24. The monoisotopic (exact) mass is 206 g/mol. The zero-order chi connectivity index (χ0) is 9.68. The summed E-state index contributed by atoms with van der Waals surface area (Å²) in [6.45, 7) is 1.10. The van der Waals surface area contributed by atoms with Crippen LogP contribution in [0.25, 0.3) is 0 Å². The minimum absolute atomic E-state index is 0.273. The molecular weight excluding hydrogens is 196 g/mol. The molecule has 1 amide bonds. The summed E-state index contributed by atoms with van der Waals surface area (Å²) in [7, 11) is 0. The van der Waals surface area contributed by atoms with E-state index in [1.165, 1.54) is 4.90 Å². The Morgan fingerprint density at radius 1 is 1.62 bits per heavy atom. The second-order valence-corrected chi connectivity index (χ2v) is 3.07. The van der Waals surface area contributed by atoms with Crippen LogP contribution in [0.4, 0.5) is 4.79 Å². The van der Waals surface area contributed by atoms with Crippen molar-refractivity contribution in [1.82, 2.24) is 4.90 Å². The Morgan fingerprint density at radius 2 is 2.23 bits per heavy atom. The molecular formula is C7H11ClN2O3. The molecule has 5 nitrogen and oxygen atoms in total. The summed E-state index contributed by atoms with van der Waals surface area (Å²) in [5.74, 6) is 0.273. The molecule has 74 valence electrons. The van der Waals surface area contributed by atoms with Gasteiger partial charge >= 0.3 is 6.09 Å². The van der Waals surface area contributed by atoms with Crippen molar-refractivity contribution in [2.75, 3.05) is 13.1 Å². The quantitative estimate of drug-likeness (QED) is 0.551. The molecule has 1 N–H and O–H groups in total. The van der Waals surface area contributed by atoms with Crippen molar-refractivity contribution >= 4 is 24.2 Å². The summed E-state index contributed by atoms with van der Waals surface area (Å²) >= 11 is 4.90. The first-order valence-corrected chi connectivity index (χ1v) is 4.34. The Morgan fingerprint density at radius 3 is 2.69 bits per heavy atom. The van der Waals surface area contributed by atoms with E-state index in [9.17, 15) is 4.79 Å². The van der Waals surface area contributed by atoms with Crippen LogP contribution in [-0.4, -0.2) is 35.4 Å². The van der Waals surface area contributed by atoms with Crippen LogP contribution in [-0.2, 0) is 4.39 Å². The zero-order valence-electron chi connectivity index (χ0n) is 7.02. The number of oxime groups is 1. The van der Waals surface area contributed by atoms with Gasteiger partial charge in [0.25, 0.3) is 0 Å². The number of carboxylic acid groups (broad SMARTS) is 1. The van der Waals surface area contributed by atoms with Crippen LogP contribution < -0.4 is 0 Å². The lowest BCUT2D eigenvalue weighted by molar-refractivity contribution is 0.131. The molecule has 1 fully saturated rings. The van der Waals surface area contributed by atoms with Crippen molar-refractivity contribution in [3.8, 4) is 0 Å². The normalized spacial score (nSPS) is 19.3. The van der Waals surface area contributed by atoms with Gasteiger partial charge in [0.1, 0.15) is 0 Å². The highest BCUT2D eigenvalue weighted by atomic mass is 35.5. The number of rotatable bonds is 2. The lowest BCUT2D eigenvalue weighted by Gasteiger charge is -2.27. The summed E-state index contributed by atoms with van der Waals surface area (Å²) < 4.78 is 4.03. The van der Waals surface area contributed by atoms with E-state index in [2.05, 4.69) is 9.55 Å². The highest BCUT2D eigenvalue weighted by Gasteiger charge is 2.20. The van der Waals surface area contributed by atoms with Crippen molar-refractivity contribution in [2.45, 2.75) is 12.8 Å². The minimum atomic E-state index is -0.857. The van der Waals surface area contributed by atoms with Gasteiger partial charge in [0.2, 0.25) is 0 Å². The van der Waals surface area contributed by atoms with E-state index < -0.39 is 6.09 Å². The molecule has 0 spiro atoms. The Labute approximate surface area is 81.1 Å². The van der Waals surface area contributed by atoms with Gasteiger partial charge in [-0.3, -0.25) is 4.39 Å². The molecule has 0 radical (unpaired) electrons. The molecule has 1 rings (SSSR count). The minimum Gasteiger partial charge on any atom is -0.465 e. The molecule has 0 aromatic rings. The summed E-state index contributed by atoms with van der Waals surface area (Å²) in [5.41, 5.74) is 0. The van der Waals surface area contributed by atoms with Crippen molar-refractivity contribution in [2.24, 2.45) is 11.1 Å². The average Bonchev–Trinajstić information content (AvgIpc) is 2.15. The van der Waals surface area contributed by atoms with Crippen LogP contribution in [0.15, 0.2) is 5.16 Å². The molecule has 0 aliphatic carbocycles. The maximum absolute atomic E-state index is 10.5. The number of carbonyl (C=O) groups is 1. The topological polar surface area (TPSA) is 62.1 Å². The van der Waals surface area contributed by atoms with Crippen LogP contribution in [0.2, 0.25) is 0 Å². The van der Waals surface area contributed by atoms with Crippen molar-refractivity contribution in [3.63, 3.8) is 0 Å². The number of hydrogen-bond acceptors (Lipinski definition) is 3. The van der Waals surface area contributed by atoms with E-state index in [-0.39, 0.29) is 5.92 Å². The first kappa shape index (κ1) is 10.1. The lowest BCUT2D eigenvalue weighted by atomic mass is 9.99. The van der Waals surface area contributed by atoms with Gasteiger partial charge < -0.3 is 10.0 Å². The van der Waals surface area contributed by atoms with E-state index in [0.717, 1.165) is 12.8 Å². The van der Waals surface area contributed by atoms with Crippen LogP contribution in [0.1, 0.15) is 12.8 Å². The highest BCUT2D eigenvalue weighted by Crippen LogP contribution is 2.15. The van der Waals surface area contributed by atoms with E-state index in [1.807, 2.05) is 0 Å². The van der Waals surface area contributed by atoms with Crippen LogP contribution in [0.5, 0.6) is 0 Å². The van der Waals surface area contributed by atoms with Gasteiger partial charge in [0.15, 0.2) is 11.9 Å². The standard InChI is InChI=1S/C7H11ClN2O3/c8-13-9-5-6-1-3-10(4-2-6)7(11)12/h5-6H,1-4H2,(H,11,12). The average molecular weight is 207 g/mol. The predicted molar refractivity (Wildman–Crippen MR) is 47.8 cm³/mol. The summed E-state index contributed by atoms with van der Waals surface area (Å²) in [4.78, 5) is 11.9. The second kappa shape index (κ2) is 4.91. The third-order valence-corrected chi connectivity index (χ3v) is 2.20. The number of amides is 1. The third kappa shape index (κ3) is 3.10. The van der Waals surface area contributed by atoms with Crippen molar-refractivity contribution in [1.29, 1.82) is 0 Å². The molecule has 0 bridgehead atoms. The highest BCUT2D eigenvalue weighted by molar-refractivity contribution is 6.07. The fourth-order valence-corrected chi connectivity index (χ4v) is 1.39. The van der Waals surface area contributed by atoms with Crippen LogP contribution >= 0.6 is 11.9 Å². The summed E-state index contributed by atoms with van der Waals surface area (Å²) in [6.07, 6.45) is 2.31. The Kier molecular flexibility index (Phi) is 3.82. The number of hydrogen-bond donors (Lipinski definition) is 1. The molecule has 13 heavy (non-hydrogen) atoms. The molecule has 0 atom stereocenters. The molecule has 6 heteroatoms. The molecule has 0 aromatic carbocycles. The van der Waals surface area contributed by atoms with Crippen molar-refractivity contribution in [3.05, 3.63) is 0 Å². The Hall–Kier alpha value is -0.970. The predicted octanol–water partition coefficient (Wildman–Crippen LogP) is 1.53. The first-order valence-electron chi connectivity index (χ1n) is 4.03. The van der Waals surface area contributed by atoms with Crippen LogP contribution in [0.3, 0.4) is 0 Å². The number of halogens is 1. The van der Waals surface area contributed by atoms with Gasteiger partial charge in [0, 0.05) is 25.2 Å². The van der Waals surface area contributed by atoms with Gasteiger partial charge in [-0.2, -0.15) is 0 Å². The maximum Gasteiger partial charge on any atom is 0.407 e. The fourth-order valence-electron chi connectivity index (χ4n) is 1.35. The van der Waals surface area contributed by atoms with Gasteiger partial charge in [-0.1, -0.05) is 5.16 Å². The molecule has 1 saturated heterocycles. The maximum atomic E-state index is 10.5. The third-order valence-electron chi connectivity index (χ3n) is 2.12. The largest absolute Gasteiger partial charge is 0.465 e. The van der Waals surface area contributed by atoms with Crippen molar-refractivity contribution < 1.29 is 14.3 Å².